The molecular formula is C15H23N3O. The van der Waals surface area contributed by atoms with Crippen LogP contribution in [0.3, 0.4) is 0 Å². The number of aromatic nitrogens is 2. The number of ether oxygens (including phenoxy) is 1. The molecular weight excluding hydrogens is 238 g/mol. The summed E-state index contributed by atoms with van der Waals surface area (Å²) in [7, 11) is 0. The molecule has 19 heavy (non-hydrogen) atoms. The van der Waals surface area contributed by atoms with E-state index in [0.29, 0.717) is 11.4 Å². The van der Waals surface area contributed by atoms with Crippen LogP contribution in [0.1, 0.15) is 62.8 Å². The average molecular weight is 261 g/mol. The summed E-state index contributed by atoms with van der Waals surface area (Å²) >= 11 is 0. The summed E-state index contributed by atoms with van der Waals surface area (Å²) in [6.07, 6.45) is 5.93. The molecule has 0 aliphatic carbocycles. The maximum absolute atomic E-state index is 9.18. The van der Waals surface area contributed by atoms with Crippen molar-refractivity contribution in [1.29, 1.82) is 5.26 Å². The fraction of sp³-hybridized carbons (Fsp3) is 0.667. The third-order valence-electron chi connectivity index (χ3n) is 3.31. The predicted octanol–water partition coefficient (Wildman–Crippen LogP) is 3.70. The Labute approximate surface area is 115 Å². The van der Waals surface area contributed by atoms with Gasteiger partial charge in [0.25, 0.3) is 5.88 Å². The molecule has 0 fully saturated rings. The maximum Gasteiger partial charge on any atom is 0.252 e. The van der Waals surface area contributed by atoms with Gasteiger partial charge < -0.3 is 4.74 Å². The monoisotopic (exact) mass is 261 g/mol. The molecule has 0 saturated heterocycles. The molecule has 1 atom stereocenters. The van der Waals surface area contributed by atoms with Gasteiger partial charge in [-0.15, -0.1) is 5.10 Å². The van der Waals surface area contributed by atoms with Crippen molar-refractivity contribution < 1.29 is 4.74 Å². The summed E-state index contributed by atoms with van der Waals surface area (Å²) < 4.78 is 5.76. The first-order chi connectivity index (χ1) is 9.10. The van der Waals surface area contributed by atoms with Crippen molar-refractivity contribution in [2.45, 2.75) is 65.9 Å². The smallest absolute Gasteiger partial charge is 0.252 e. The molecule has 0 amide bonds. The lowest BCUT2D eigenvalue weighted by Crippen LogP contribution is -2.14. The Morgan fingerprint density at radius 1 is 1.21 bits per heavy atom. The van der Waals surface area contributed by atoms with Crippen molar-refractivity contribution in [3.8, 4) is 11.9 Å². The fourth-order valence-corrected chi connectivity index (χ4v) is 1.91. The van der Waals surface area contributed by atoms with E-state index in [1.807, 2.05) is 20.8 Å². The number of hydrogen-bond acceptors (Lipinski definition) is 4. The number of nitriles is 1. The summed E-state index contributed by atoms with van der Waals surface area (Å²) in [6.45, 7) is 7.94. The Hall–Kier alpha value is -1.63. The second-order valence-electron chi connectivity index (χ2n) is 4.98. The van der Waals surface area contributed by atoms with Crippen molar-refractivity contribution in [2.24, 2.45) is 0 Å². The van der Waals surface area contributed by atoms with E-state index in [-0.39, 0.29) is 6.10 Å². The molecule has 1 aromatic rings. The quantitative estimate of drug-likeness (QED) is 0.702. The van der Waals surface area contributed by atoms with E-state index in [0.717, 1.165) is 24.1 Å². The topological polar surface area (TPSA) is 58.8 Å². The predicted molar refractivity (Wildman–Crippen MR) is 75.1 cm³/mol. The Kier molecular flexibility index (Phi) is 6.27. The van der Waals surface area contributed by atoms with E-state index in [1.54, 1.807) is 0 Å². The van der Waals surface area contributed by atoms with Crippen molar-refractivity contribution in [3.05, 3.63) is 16.8 Å². The molecule has 4 nitrogen and oxygen atoms in total. The van der Waals surface area contributed by atoms with Gasteiger partial charge in [-0.2, -0.15) is 10.4 Å². The largest absolute Gasteiger partial charge is 0.473 e. The van der Waals surface area contributed by atoms with Crippen LogP contribution in [-0.4, -0.2) is 16.3 Å². The lowest BCUT2D eigenvalue weighted by molar-refractivity contribution is 0.195. The van der Waals surface area contributed by atoms with E-state index >= 15 is 0 Å². The number of rotatable bonds is 7. The van der Waals surface area contributed by atoms with Crippen LogP contribution in [-0.2, 0) is 0 Å². The van der Waals surface area contributed by atoms with Gasteiger partial charge in [-0.25, -0.2) is 0 Å². The zero-order valence-electron chi connectivity index (χ0n) is 12.4. The molecule has 0 aliphatic rings. The van der Waals surface area contributed by atoms with Gasteiger partial charge in [0.2, 0.25) is 0 Å². The minimum atomic E-state index is 0.0698. The molecule has 4 heteroatoms. The maximum atomic E-state index is 9.18. The van der Waals surface area contributed by atoms with Crippen molar-refractivity contribution in [1.82, 2.24) is 10.2 Å². The van der Waals surface area contributed by atoms with E-state index in [4.69, 9.17) is 4.74 Å². The molecule has 1 unspecified atom stereocenters. The summed E-state index contributed by atoms with van der Waals surface area (Å²) in [4.78, 5) is 0. The molecule has 0 saturated carbocycles. The fourth-order valence-electron chi connectivity index (χ4n) is 1.91. The van der Waals surface area contributed by atoms with Gasteiger partial charge in [-0.3, -0.25) is 0 Å². The highest BCUT2D eigenvalue weighted by Gasteiger charge is 2.14. The second kappa shape index (κ2) is 7.73. The molecule has 104 valence electrons. The molecule has 0 aromatic carbocycles. The number of nitrogens with zero attached hydrogens (tertiary/aromatic N) is 3. The zero-order chi connectivity index (χ0) is 14.3. The molecule has 1 heterocycles. The van der Waals surface area contributed by atoms with Crippen LogP contribution >= 0.6 is 0 Å². The third kappa shape index (κ3) is 4.51. The van der Waals surface area contributed by atoms with Gasteiger partial charge in [0, 0.05) is 0 Å². The van der Waals surface area contributed by atoms with Gasteiger partial charge in [0.05, 0.1) is 11.8 Å². The number of hydrogen-bond donors (Lipinski definition) is 0. The van der Waals surface area contributed by atoms with Crippen LogP contribution in [0, 0.1) is 25.2 Å². The Morgan fingerprint density at radius 2 is 1.95 bits per heavy atom. The molecule has 0 spiro atoms. The highest BCUT2D eigenvalue weighted by molar-refractivity contribution is 5.44. The van der Waals surface area contributed by atoms with E-state index < -0.39 is 0 Å². The average Bonchev–Trinajstić information content (AvgIpc) is 2.39. The Balaban J connectivity index is 2.62. The van der Waals surface area contributed by atoms with Crippen LogP contribution in [0.15, 0.2) is 0 Å². The SMILES string of the molecule is CCCCCCC(C)Oc1nnc(C)c(C)c1C#N. The van der Waals surface area contributed by atoms with E-state index in [9.17, 15) is 5.26 Å². The van der Waals surface area contributed by atoms with Crippen LogP contribution in [0.25, 0.3) is 0 Å². The van der Waals surface area contributed by atoms with Crippen molar-refractivity contribution in [3.63, 3.8) is 0 Å². The lowest BCUT2D eigenvalue weighted by Gasteiger charge is -2.15. The minimum Gasteiger partial charge on any atom is -0.473 e. The molecule has 1 aromatic heterocycles. The summed E-state index contributed by atoms with van der Waals surface area (Å²) in [5, 5.41) is 17.2. The van der Waals surface area contributed by atoms with Crippen LogP contribution < -0.4 is 4.74 Å². The van der Waals surface area contributed by atoms with Gasteiger partial charge in [0.1, 0.15) is 11.6 Å². The van der Waals surface area contributed by atoms with E-state index in [1.165, 1.54) is 19.3 Å². The number of aryl methyl sites for hydroxylation is 1. The van der Waals surface area contributed by atoms with Crippen LogP contribution in [0.5, 0.6) is 5.88 Å². The van der Waals surface area contributed by atoms with E-state index in [2.05, 4.69) is 23.2 Å². The summed E-state index contributed by atoms with van der Waals surface area (Å²) in [5.74, 6) is 0.369. The highest BCUT2D eigenvalue weighted by Crippen LogP contribution is 2.21. The van der Waals surface area contributed by atoms with Gasteiger partial charge in [0.15, 0.2) is 0 Å². The van der Waals surface area contributed by atoms with Gasteiger partial charge in [-0.1, -0.05) is 26.2 Å². The number of unbranched alkanes of at least 4 members (excludes halogenated alkanes) is 3. The van der Waals surface area contributed by atoms with Crippen LogP contribution in [0.4, 0.5) is 0 Å². The second-order valence-corrected chi connectivity index (χ2v) is 4.98. The van der Waals surface area contributed by atoms with Crippen molar-refractivity contribution >= 4 is 0 Å². The molecule has 0 aliphatic heterocycles. The minimum absolute atomic E-state index is 0.0698. The van der Waals surface area contributed by atoms with Crippen molar-refractivity contribution in [2.75, 3.05) is 0 Å². The summed E-state index contributed by atoms with van der Waals surface area (Å²) in [6, 6.07) is 2.16. The first-order valence-electron chi connectivity index (χ1n) is 7.00. The van der Waals surface area contributed by atoms with Crippen LogP contribution in [0.2, 0.25) is 0 Å². The molecule has 1 rings (SSSR count). The third-order valence-corrected chi connectivity index (χ3v) is 3.31. The lowest BCUT2D eigenvalue weighted by atomic mass is 10.1. The van der Waals surface area contributed by atoms with Gasteiger partial charge in [-0.05, 0) is 39.2 Å². The standard InChI is InChI=1S/C15H23N3O/c1-5-6-7-8-9-11(2)19-15-14(10-16)12(3)13(4)17-18-15/h11H,5-9H2,1-4H3. The van der Waals surface area contributed by atoms with Gasteiger partial charge >= 0.3 is 0 Å². The normalized spacial score (nSPS) is 11.9. The molecule has 0 N–H and O–H groups in total. The Bertz CT molecular complexity index is 451. The highest BCUT2D eigenvalue weighted by atomic mass is 16.5. The molecule has 0 radical (unpaired) electrons. The Morgan fingerprint density at radius 3 is 2.58 bits per heavy atom. The molecule has 0 bridgehead atoms. The first kappa shape index (κ1) is 15.4. The first-order valence-corrected chi connectivity index (χ1v) is 7.00. The zero-order valence-corrected chi connectivity index (χ0v) is 12.4. The summed E-state index contributed by atoms with van der Waals surface area (Å²) in [5.41, 5.74) is 2.14.